The zero-order chi connectivity index (χ0) is 17.8. The molecule has 1 aromatic carbocycles. The minimum atomic E-state index is -0.825. The monoisotopic (exact) mass is 359 g/mol. The lowest BCUT2D eigenvalue weighted by Crippen LogP contribution is -2.45. The average Bonchev–Trinajstić information content (AvgIpc) is 3.25. The summed E-state index contributed by atoms with van der Waals surface area (Å²) < 4.78 is 11.1. The highest BCUT2D eigenvalue weighted by Gasteiger charge is 2.71. The molecule has 3 aliphatic rings. The predicted molar refractivity (Wildman–Crippen MR) is 93.3 cm³/mol. The van der Waals surface area contributed by atoms with E-state index in [0.29, 0.717) is 11.4 Å². The van der Waals surface area contributed by atoms with Crippen LogP contribution in [0.15, 0.2) is 49.1 Å². The minimum absolute atomic E-state index is 0.128. The highest BCUT2D eigenvalue weighted by atomic mass is 35.5. The van der Waals surface area contributed by atoms with Crippen LogP contribution < -0.4 is 4.90 Å². The van der Waals surface area contributed by atoms with Crippen molar-refractivity contribution in [3.63, 3.8) is 0 Å². The van der Waals surface area contributed by atoms with Crippen molar-refractivity contribution in [3.05, 3.63) is 54.1 Å². The summed E-state index contributed by atoms with van der Waals surface area (Å²) in [4.78, 5) is 27.3. The molecule has 0 aromatic heterocycles. The molecular weight excluding hydrogens is 342 g/mol. The molecule has 2 unspecified atom stereocenters. The molecule has 1 aromatic rings. The van der Waals surface area contributed by atoms with Gasteiger partial charge in [-0.25, -0.2) is 0 Å². The number of esters is 1. The Morgan fingerprint density at radius 2 is 2.16 bits per heavy atom. The van der Waals surface area contributed by atoms with Crippen LogP contribution in [0.3, 0.4) is 0 Å². The Kier molecular flexibility index (Phi) is 3.74. The SMILES string of the molecule is C=CCC1N(c2ccc(Cl)cc2)C(=O)[C@@H]2C(C(=O)OC)[C@H]3C=C[C@@]12O3. The summed E-state index contributed by atoms with van der Waals surface area (Å²) in [6, 6.07) is 6.83. The van der Waals surface area contributed by atoms with Crippen molar-refractivity contribution in [1.29, 1.82) is 0 Å². The first-order chi connectivity index (χ1) is 12.0. The van der Waals surface area contributed by atoms with Gasteiger partial charge in [0.2, 0.25) is 5.91 Å². The van der Waals surface area contributed by atoms with Gasteiger partial charge in [-0.1, -0.05) is 29.8 Å². The van der Waals surface area contributed by atoms with Gasteiger partial charge < -0.3 is 14.4 Å². The predicted octanol–water partition coefficient (Wildman–Crippen LogP) is 2.74. The molecule has 3 aliphatic heterocycles. The first kappa shape index (κ1) is 16.4. The fraction of sp³-hybridized carbons (Fsp3) is 0.368. The van der Waals surface area contributed by atoms with Gasteiger partial charge in [-0.3, -0.25) is 9.59 Å². The van der Waals surface area contributed by atoms with Crippen LogP contribution in [-0.4, -0.2) is 36.7 Å². The minimum Gasteiger partial charge on any atom is -0.469 e. The molecule has 25 heavy (non-hydrogen) atoms. The summed E-state index contributed by atoms with van der Waals surface area (Å²) in [7, 11) is 1.34. The van der Waals surface area contributed by atoms with Crippen LogP contribution in [0, 0.1) is 11.8 Å². The van der Waals surface area contributed by atoms with E-state index in [4.69, 9.17) is 21.1 Å². The van der Waals surface area contributed by atoms with Gasteiger partial charge in [-0.2, -0.15) is 0 Å². The lowest BCUT2D eigenvalue weighted by Gasteiger charge is -2.32. The van der Waals surface area contributed by atoms with Crippen LogP contribution in [0.2, 0.25) is 5.02 Å². The number of carbonyl (C=O) groups is 2. The number of hydrogen-bond donors (Lipinski definition) is 0. The summed E-state index contributed by atoms with van der Waals surface area (Å²) in [5, 5.41) is 0.596. The molecular formula is C19H18ClNO4. The van der Waals surface area contributed by atoms with Gasteiger partial charge in [0, 0.05) is 10.7 Å². The van der Waals surface area contributed by atoms with Crippen LogP contribution >= 0.6 is 11.6 Å². The highest BCUT2D eigenvalue weighted by molar-refractivity contribution is 6.30. The number of rotatable bonds is 4. The van der Waals surface area contributed by atoms with Crippen LogP contribution in [0.25, 0.3) is 0 Å². The second-order valence-corrected chi connectivity index (χ2v) is 6.98. The van der Waals surface area contributed by atoms with E-state index in [0.717, 1.165) is 5.69 Å². The standard InChI is InChI=1S/C19H18ClNO4/c1-3-4-14-19-10-9-13(25-19)15(18(23)24-2)16(19)17(22)21(14)12-7-5-11(20)6-8-12/h3,5-10,13-16H,1,4H2,2H3/t13-,14?,15?,16+,19-/m1/s1. The zero-order valence-electron chi connectivity index (χ0n) is 13.7. The van der Waals surface area contributed by atoms with Crippen molar-refractivity contribution < 1.29 is 19.1 Å². The second-order valence-electron chi connectivity index (χ2n) is 6.55. The van der Waals surface area contributed by atoms with E-state index < -0.39 is 29.5 Å². The second kappa shape index (κ2) is 5.71. The molecule has 2 saturated heterocycles. The van der Waals surface area contributed by atoms with Crippen LogP contribution in [0.4, 0.5) is 5.69 Å². The number of anilines is 1. The van der Waals surface area contributed by atoms with E-state index in [9.17, 15) is 9.59 Å². The topological polar surface area (TPSA) is 55.8 Å². The molecule has 1 spiro atoms. The number of carbonyl (C=O) groups excluding carboxylic acids is 2. The third-order valence-electron chi connectivity index (χ3n) is 5.39. The maximum atomic E-state index is 13.3. The fourth-order valence-corrected chi connectivity index (χ4v) is 4.54. The van der Waals surface area contributed by atoms with Crippen LogP contribution in [0.5, 0.6) is 0 Å². The first-order valence-electron chi connectivity index (χ1n) is 8.18. The summed E-state index contributed by atoms with van der Waals surface area (Å²) in [5.41, 5.74) is -0.0943. The Morgan fingerprint density at radius 3 is 2.80 bits per heavy atom. The number of nitrogens with zero attached hydrogens (tertiary/aromatic N) is 1. The van der Waals surface area contributed by atoms with Crippen molar-refractivity contribution in [3.8, 4) is 0 Å². The molecule has 2 bridgehead atoms. The molecule has 0 saturated carbocycles. The van der Waals surface area contributed by atoms with Crippen LogP contribution in [-0.2, 0) is 19.1 Å². The number of ether oxygens (including phenoxy) is 2. The highest BCUT2D eigenvalue weighted by Crippen LogP contribution is 2.56. The molecule has 2 fully saturated rings. The fourth-order valence-electron chi connectivity index (χ4n) is 4.41. The molecule has 6 heteroatoms. The van der Waals surface area contributed by atoms with Crippen LogP contribution in [0.1, 0.15) is 6.42 Å². The van der Waals surface area contributed by atoms with E-state index in [2.05, 4.69) is 6.58 Å². The molecule has 5 nitrogen and oxygen atoms in total. The third-order valence-corrected chi connectivity index (χ3v) is 5.64. The quantitative estimate of drug-likeness (QED) is 0.612. The summed E-state index contributed by atoms with van der Waals surface area (Å²) in [6.45, 7) is 3.82. The third kappa shape index (κ3) is 2.12. The van der Waals surface area contributed by atoms with Gasteiger partial charge in [0.15, 0.2) is 0 Å². The molecule has 1 amide bonds. The Labute approximate surface area is 150 Å². The Morgan fingerprint density at radius 1 is 1.44 bits per heavy atom. The number of amides is 1. The van der Waals surface area contributed by atoms with E-state index in [-0.39, 0.29) is 11.9 Å². The van der Waals surface area contributed by atoms with E-state index >= 15 is 0 Å². The maximum Gasteiger partial charge on any atom is 0.312 e. The van der Waals surface area contributed by atoms with Gasteiger partial charge in [0.25, 0.3) is 0 Å². The summed E-state index contributed by atoms with van der Waals surface area (Å²) in [5.74, 6) is -1.75. The normalized spacial score (nSPS) is 35.1. The van der Waals surface area contributed by atoms with Crippen molar-refractivity contribution in [2.24, 2.45) is 11.8 Å². The lowest BCUT2D eigenvalue weighted by molar-refractivity contribution is -0.149. The Balaban J connectivity index is 1.81. The van der Waals surface area contributed by atoms with E-state index in [1.54, 1.807) is 35.2 Å². The number of hydrogen-bond acceptors (Lipinski definition) is 4. The average molecular weight is 360 g/mol. The van der Waals surface area contributed by atoms with Crippen molar-refractivity contribution in [2.45, 2.75) is 24.2 Å². The van der Waals surface area contributed by atoms with E-state index in [1.165, 1.54) is 7.11 Å². The Bertz CT molecular complexity index is 774. The molecule has 5 atom stereocenters. The molecule has 0 radical (unpaired) electrons. The smallest absolute Gasteiger partial charge is 0.312 e. The summed E-state index contributed by atoms with van der Waals surface area (Å²) >= 11 is 5.98. The van der Waals surface area contributed by atoms with Gasteiger partial charge in [0.05, 0.1) is 25.2 Å². The largest absolute Gasteiger partial charge is 0.469 e. The number of halogens is 1. The number of benzene rings is 1. The lowest BCUT2D eigenvalue weighted by atomic mass is 9.74. The van der Waals surface area contributed by atoms with Crippen molar-refractivity contribution in [2.75, 3.05) is 12.0 Å². The summed E-state index contributed by atoms with van der Waals surface area (Å²) in [6.07, 6.45) is 5.71. The van der Waals surface area contributed by atoms with Crippen molar-refractivity contribution in [1.82, 2.24) is 0 Å². The molecule has 3 heterocycles. The zero-order valence-corrected chi connectivity index (χ0v) is 14.5. The van der Waals surface area contributed by atoms with Gasteiger partial charge in [-0.15, -0.1) is 6.58 Å². The van der Waals surface area contributed by atoms with Crippen molar-refractivity contribution >= 4 is 29.2 Å². The maximum absolute atomic E-state index is 13.3. The number of methoxy groups -OCH3 is 1. The van der Waals surface area contributed by atoms with Gasteiger partial charge in [-0.05, 0) is 30.7 Å². The van der Waals surface area contributed by atoms with E-state index in [1.807, 2.05) is 12.2 Å². The molecule has 0 N–H and O–H groups in total. The Hall–Kier alpha value is -2.11. The molecule has 130 valence electrons. The van der Waals surface area contributed by atoms with Gasteiger partial charge >= 0.3 is 5.97 Å². The molecule has 0 aliphatic carbocycles. The van der Waals surface area contributed by atoms with Gasteiger partial charge in [0.1, 0.15) is 11.5 Å². The first-order valence-corrected chi connectivity index (χ1v) is 8.56. The molecule has 4 rings (SSSR count). The number of fused-ring (bicyclic) bond motifs is 1.